The Morgan fingerprint density at radius 1 is 0.958 bits per heavy atom. The molecular weight excluding hydrogens is 364 g/mol. The molecule has 0 saturated carbocycles. The summed E-state index contributed by atoms with van der Waals surface area (Å²) < 4.78 is 1.05. The maximum Gasteiger partial charge on any atom is 0.225 e. The van der Waals surface area contributed by atoms with Gasteiger partial charge in [0, 0.05) is 28.5 Å². The highest BCUT2D eigenvalue weighted by atomic mass is 79.9. The molecule has 0 saturated heterocycles. The van der Waals surface area contributed by atoms with Crippen molar-refractivity contribution in [1.29, 1.82) is 0 Å². The summed E-state index contributed by atoms with van der Waals surface area (Å²) in [5.74, 6) is 1.40. The molecule has 3 aromatic rings. The number of nitrogens with zero attached hydrogens (tertiary/aromatic N) is 2. The second-order valence-corrected chi connectivity index (χ2v) is 6.55. The fourth-order valence-corrected chi connectivity index (χ4v) is 2.64. The van der Waals surface area contributed by atoms with Crippen molar-refractivity contribution in [2.24, 2.45) is 0 Å². The second kappa shape index (κ2) is 7.45. The first kappa shape index (κ1) is 16.5. The van der Waals surface area contributed by atoms with E-state index >= 15 is 0 Å². The highest BCUT2D eigenvalue weighted by Crippen LogP contribution is 2.19. The van der Waals surface area contributed by atoms with Gasteiger partial charge in [0.15, 0.2) is 0 Å². The van der Waals surface area contributed by atoms with Gasteiger partial charge in [-0.2, -0.15) is 4.98 Å². The van der Waals surface area contributed by atoms with Gasteiger partial charge in [-0.1, -0.05) is 40.2 Å². The van der Waals surface area contributed by atoms with E-state index in [0.29, 0.717) is 12.5 Å². The van der Waals surface area contributed by atoms with E-state index in [1.54, 1.807) is 0 Å². The molecule has 0 aliphatic rings. The Kier molecular flexibility index (Phi) is 5.11. The largest absolute Gasteiger partial charge is 0.350 e. The quantitative estimate of drug-likeness (QED) is 0.635. The van der Waals surface area contributed by atoms with Crippen molar-refractivity contribution >= 4 is 33.4 Å². The molecule has 0 aliphatic carbocycles. The van der Waals surface area contributed by atoms with Crippen molar-refractivity contribution in [1.82, 2.24) is 9.97 Å². The summed E-state index contributed by atoms with van der Waals surface area (Å²) in [4.78, 5) is 9.02. The molecule has 0 aliphatic heterocycles. The predicted octanol–water partition coefficient (Wildman–Crippen LogP) is 5.21. The van der Waals surface area contributed by atoms with Gasteiger partial charge in [-0.15, -0.1) is 0 Å². The summed E-state index contributed by atoms with van der Waals surface area (Å²) in [6.07, 6.45) is 0. The van der Waals surface area contributed by atoms with E-state index in [1.807, 2.05) is 49.4 Å². The summed E-state index contributed by atoms with van der Waals surface area (Å²) >= 11 is 3.44. The van der Waals surface area contributed by atoms with E-state index in [4.69, 9.17) is 0 Å². The van der Waals surface area contributed by atoms with Gasteiger partial charge in [0.05, 0.1) is 0 Å². The maximum absolute atomic E-state index is 4.55. The topological polar surface area (TPSA) is 49.8 Å². The Morgan fingerprint density at radius 3 is 2.46 bits per heavy atom. The molecule has 0 bridgehead atoms. The van der Waals surface area contributed by atoms with Gasteiger partial charge in [0.1, 0.15) is 5.82 Å². The van der Waals surface area contributed by atoms with Gasteiger partial charge in [0.2, 0.25) is 5.95 Å². The van der Waals surface area contributed by atoms with Crippen LogP contribution in [0.5, 0.6) is 0 Å². The third kappa shape index (κ3) is 4.32. The Balaban J connectivity index is 1.74. The van der Waals surface area contributed by atoms with Crippen LogP contribution in [-0.4, -0.2) is 9.97 Å². The van der Waals surface area contributed by atoms with Gasteiger partial charge in [-0.05, 0) is 49.2 Å². The summed E-state index contributed by atoms with van der Waals surface area (Å²) in [6, 6.07) is 18.2. The summed E-state index contributed by atoms with van der Waals surface area (Å²) in [6.45, 7) is 4.77. The minimum absolute atomic E-state index is 0.623. The average Bonchev–Trinajstić information content (AvgIpc) is 2.56. The number of hydrogen-bond donors (Lipinski definition) is 2. The van der Waals surface area contributed by atoms with Gasteiger partial charge >= 0.3 is 0 Å². The van der Waals surface area contributed by atoms with Crippen molar-refractivity contribution in [3.63, 3.8) is 0 Å². The van der Waals surface area contributed by atoms with Gasteiger partial charge < -0.3 is 10.6 Å². The lowest BCUT2D eigenvalue weighted by Gasteiger charge is -2.11. The summed E-state index contributed by atoms with van der Waals surface area (Å²) in [5.41, 5.74) is 4.40. The zero-order valence-electron chi connectivity index (χ0n) is 13.7. The average molecular weight is 383 g/mol. The molecule has 122 valence electrons. The maximum atomic E-state index is 4.55. The van der Waals surface area contributed by atoms with E-state index in [0.717, 1.165) is 21.7 Å². The van der Waals surface area contributed by atoms with Gasteiger partial charge in [-0.25, -0.2) is 4.98 Å². The summed E-state index contributed by atoms with van der Waals surface area (Å²) in [7, 11) is 0. The zero-order chi connectivity index (χ0) is 16.9. The number of anilines is 3. The lowest BCUT2D eigenvalue weighted by atomic mass is 10.1. The lowest BCUT2D eigenvalue weighted by Crippen LogP contribution is -2.07. The Labute approximate surface area is 150 Å². The number of benzene rings is 2. The van der Waals surface area contributed by atoms with Crippen molar-refractivity contribution < 1.29 is 0 Å². The van der Waals surface area contributed by atoms with E-state index < -0.39 is 0 Å². The molecule has 0 spiro atoms. The van der Waals surface area contributed by atoms with Crippen LogP contribution in [0.2, 0.25) is 0 Å². The van der Waals surface area contributed by atoms with Crippen LogP contribution < -0.4 is 10.6 Å². The van der Waals surface area contributed by atoms with E-state index in [-0.39, 0.29) is 0 Å². The monoisotopic (exact) mass is 382 g/mol. The van der Waals surface area contributed by atoms with Crippen molar-refractivity contribution in [3.8, 4) is 0 Å². The number of aryl methyl sites for hydroxylation is 2. The van der Waals surface area contributed by atoms with Crippen LogP contribution in [0.25, 0.3) is 0 Å². The van der Waals surface area contributed by atoms with E-state index in [2.05, 4.69) is 55.6 Å². The van der Waals surface area contributed by atoms with Crippen LogP contribution in [0, 0.1) is 13.8 Å². The normalized spacial score (nSPS) is 10.5. The highest BCUT2D eigenvalue weighted by molar-refractivity contribution is 9.10. The molecule has 0 amide bonds. The molecule has 1 aromatic heterocycles. The van der Waals surface area contributed by atoms with Crippen LogP contribution >= 0.6 is 15.9 Å². The molecular formula is C19H19BrN4. The van der Waals surface area contributed by atoms with E-state index in [9.17, 15) is 0 Å². The SMILES string of the molecule is Cc1cc(Nc2ccc(Br)cc2)nc(NCc2ccccc2C)n1. The Morgan fingerprint density at radius 2 is 1.71 bits per heavy atom. The highest BCUT2D eigenvalue weighted by Gasteiger charge is 2.04. The van der Waals surface area contributed by atoms with Gasteiger partial charge in [-0.3, -0.25) is 0 Å². The van der Waals surface area contributed by atoms with Gasteiger partial charge in [0.25, 0.3) is 0 Å². The molecule has 4 nitrogen and oxygen atoms in total. The second-order valence-electron chi connectivity index (χ2n) is 5.63. The first-order valence-electron chi connectivity index (χ1n) is 7.77. The number of rotatable bonds is 5. The van der Waals surface area contributed by atoms with Crippen LogP contribution in [0.1, 0.15) is 16.8 Å². The number of nitrogens with one attached hydrogen (secondary N) is 2. The number of halogens is 1. The first-order valence-corrected chi connectivity index (χ1v) is 8.56. The van der Waals surface area contributed by atoms with Crippen molar-refractivity contribution in [2.45, 2.75) is 20.4 Å². The van der Waals surface area contributed by atoms with Crippen LogP contribution in [0.15, 0.2) is 59.1 Å². The number of hydrogen-bond acceptors (Lipinski definition) is 4. The molecule has 2 N–H and O–H groups in total. The molecule has 1 heterocycles. The Hall–Kier alpha value is -2.40. The third-order valence-corrected chi connectivity index (χ3v) is 4.20. The summed E-state index contributed by atoms with van der Waals surface area (Å²) in [5, 5.41) is 6.62. The minimum Gasteiger partial charge on any atom is -0.350 e. The molecule has 0 radical (unpaired) electrons. The number of aromatic nitrogens is 2. The molecule has 0 fully saturated rings. The molecule has 0 unspecified atom stereocenters. The first-order chi connectivity index (χ1) is 11.6. The Bertz CT molecular complexity index is 831. The van der Waals surface area contributed by atoms with Crippen LogP contribution in [0.4, 0.5) is 17.5 Å². The van der Waals surface area contributed by atoms with E-state index in [1.165, 1.54) is 11.1 Å². The van der Waals surface area contributed by atoms with Crippen molar-refractivity contribution in [2.75, 3.05) is 10.6 Å². The zero-order valence-corrected chi connectivity index (χ0v) is 15.3. The fourth-order valence-electron chi connectivity index (χ4n) is 2.38. The molecule has 24 heavy (non-hydrogen) atoms. The van der Waals surface area contributed by atoms with Crippen LogP contribution in [-0.2, 0) is 6.54 Å². The molecule has 2 aromatic carbocycles. The standard InChI is InChI=1S/C19H19BrN4/c1-13-5-3-4-6-15(13)12-21-19-22-14(2)11-18(24-19)23-17-9-7-16(20)8-10-17/h3-11H,12H2,1-2H3,(H2,21,22,23,24). The lowest BCUT2D eigenvalue weighted by molar-refractivity contribution is 1.02. The third-order valence-electron chi connectivity index (χ3n) is 3.67. The fraction of sp³-hybridized carbons (Fsp3) is 0.158. The van der Waals surface area contributed by atoms with Crippen molar-refractivity contribution in [3.05, 3.63) is 75.9 Å². The smallest absolute Gasteiger partial charge is 0.225 e. The molecule has 5 heteroatoms. The molecule has 3 rings (SSSR count). The van der Waals surface area contributed by atoms with Crippen LogP contribution in [0.3, 0.4) is 0 Å². The predicted molar refractivity (Wildman–Crippen MR) is 103 cm³/mol. The minimum atomic E-state index is 0.623. The molecule has 0 atom stereocenters.